The van der Waals surface area contributed by atoms with Gasteiger partial charge < -0.3 is 4.74 Å². The molecule has 0 aliphatic carbocycles. The first-order valence-electron chi connectivity index (χ1n) is 4.95. The largest absolute Gasteiger partial charge is 0.376 e. The predicted octanol–water partition coefficient (Wildman–Crippen LogP) is 2.16. The van der Waals surface area contributed by atoms with Crippen LogP contribution in [0.2, 0.25) is 0 Å². The van der Waals surface area contributed by atoms with Gasteiger partial charge in [-0.1, -0.05) is 30.3 Å². The van der Waals surface area contributed by atoms with Crippen molar-refractivity contribution < 1.29 is 4.74 Å². The Morgan fingerprint density at radius 1 is 1.36 bits per heavy atom. The molecule has 2 atom stereocenters. The quantitative estimate of drug-likeness (QED) is 0.710. The van der Waals surface area contributed by atoms with Crippen molar-refractivity contribution in [1.82, 2.24) is 0 Å². The van der Waals surface area contributed by atoms with Crippen molar-refractivity contribution in [3.8, 4) is 6.07 Å². The molecule has 0 saturated carbocycles. The Balaban J connectivity index is 2.01. The third-order valence-corrected chi connectivity index (χ3v) is 2.66. The lowest BCUT2D eigenvalue weighted by Gasteiger charge is -2.12. The minimum Gasteiger partial charge on any atom is -0.376 e. The summed E-state index contributed by atoms with van der Waals surface area (Å²) in [7, 11) is 0. The monoisotopic (exact) mass is 187 g/mol. The van der Waals surface area contributed by atoms with Gasteiger partial charge in [0.1, 0.15) is 0 Å². The van der Waals surface area contributed by atoms with Gasteiger partial charge in [-0.2, -0.15) is 5.26 Å². The molecule has 0 N–H and O–H groups in total. The summed E-state index contributed by atoms with van der Waals surface area (Å²) in [6.45, 7) is 0.732. The minimum atomic E-state index is 0.0789. The van der Waals surface area contributed by atoms with Gasteiger partial charge in [0.05, 0.1) is 18.1 Å². The van der Waals surface area contributed by atoms with Gasteiger partial charge in [-0.05, 0) is 18.4 Å². The third kappa shape index (κ3) is 1.94. The van der Waals surface area contributed by atoms with Crippen LogP contribution in [0.25, 0.3) is 0 Å². The molecule has 2 heteroatoms. The first kappa shape index (κ1) is 9.23. The first-order valence-corrected chi connectivity index (χ1v) is 4.95. The van der Waals surface area contributed by atoms with Crippen LogP contribution in [0, 0.1) is 17.2 Å². The summed E-state index contributed by atoms with van der Waals surface area (Å²) in [5.41, 5.74) is 1.25. The zero-order valence-corrected chi connectivity index (χ0v) is 8.02. The van der Waals surface area contributed by atoms with Crippen LogP contribution in [-0.4, -0.2) is 12.7 Å². The van der Waals surface area contributed by atoms with Gasteiger partial charge in [0.15, 0.2) is 0 Å². The standard InChI is InChI=1S/C12H13NO/c13-9-11-6-7-14-12(11)8-10-4-2-1-3-5-10/h1-5,11-12H,6-8H2. The molecule has 1 aromatic rings. The molecule has 0 bridgehead atoms. The van der Waals surface area contributed by atoms with Crippen LogP contribution < -0.4 is 0 Å². The summed E-state index contributed by atoms with van der Waals surface area (Å²) < 4.78 is 5.54. The summed E-state index contributed by atoms with van der Waals surface area (Å²) in [5, 5.41) is 8.88. The van der Waals surface area contributed by atoms with E-state index in [4.69, 9.17) is 10.00 Å². The molecular weight excluding hydrogens is 174 g/mol. The van der Waals surface area contributed by atoms with Crippen LogP contribution in [0.1, 0.15) is 12.0 Å². The maximum absolute atomic E-state index is 8.88. The fourth-order valence-electron chi connectivity index (χ4n) is 1.84. The highest BCUT2D eigenvalue weighted by Gasteiger charge is 2.27. The van der Waals surface area contributed by atoms with E-state index in [2.05, 4.69) is 18.2 Å². The smallest absolute Gasteiger partial charge is 0.0774 e. The fourth-order valence-corrected chi connectivity index (χ4v) is 1.84. The topological polar surface area (TPSA) is 33.0 Å². The van der Waals surface area contributed by atoms with Crippen molar-refractivity contribution in [2.45, 2.75) is 18.9 Å². The Hall–Kier alpha value is -1.33. The van der Waals surface area contributed by atoms with Gasteiger partial charge in [-0.3, -0.25) is 0 Å². The van der Waals surface area contributed by atoms with Gasteiger partial charge in [0.2, 0.25) is 0 Å². The Bertz CT molecular complexity index is 328. The summed E-state index contributed by atoms with van der Waals surface area (Å²) in [6.07, 6.45) is 1.84. The van der Waals surface area contributed by atoms with E-state index in [0.717, 1.165) is 19.4 Å². The number of hydrogen-bond donors (Lipinski definition) is 0. The maximum atomic E-state index is 8.88. The van der Waals surface area contributed by atoms with E-state index in [1.807, 2.05) is 18.2 Å². The van der Waals surface area contributed by atoms with Gasteiger partial charge in [-0.25, -0.2) is 0 Å². The van der Waals surface area contributed by atoms with Crippen LogP contribution in [0.15, 0.2) is 30.3 Å². The Labute approximate surface area is 84.1 Å². The molecule has 1 aliphatic heterocycles. The molecule has 1 aliphatic rings. The molecule has 2 nitrogen and oxygen atoms in total. The molecule has 1 aromatic carbocycles. The number of nitrogens with zero attached hydrogens (tertiary/aromatic N) is 1. The highest BCUT2D eigenvalue weighted by Crippen LogP contribution is 2.23. The van der Waals surface area contributed by atoms with Gasteiger partial charge >= 0.3 is 0 Å². The van der Waals surface area contributed by atoms with Crippen molar-refractivity contribution >= 4 is 0 Å². The third-order valence-electron chi connectivity index (χ3n) is 2.66. The lowest BCUT2D eigenvalue weighted by molar-refractivity contribution is 0.100. The summed E-state index contributed by atoms with van der Waals surface area (Å²) in [6, 6.07) is 12.5. The Morgan fingerprint density at radius 3 is 2.86 bits per heavy atom. The van der Waals surface area contributed by atoms with E-state index in [9.17, 15) is 0 Å². The van der Waals surface area contributed by atoms with Crippen LogP contribution >= 0.6 is 0 Å². The van der Waals surface area contributed by atoms with Gasteiger partial charge in [0.25, 0.3) is 0 Å². The molecule has 0 aromatic heterocycles. The molecule has 1 saturated heterocycles. The molecule has 1 heterocycles. The van der Waals surface area contributed by atoms with E-state index in [-0.39, 0.29) is 12.0 Å². The summed E-state index contributed by atoms with van der Waals surface area (Å²) in [5.74, 6) is 0.0789. The summed E-state index contributed by atoms with van der Waals surface area (Å²) >= 11 is 0. The van der Waals surface area contributed by atoms with Crippen molar-refractivity contribution in [2.24, 2.45) is 5.92 Å². The van der Waals surface area contributed by atoms with Crippen LogP contribution in [0.3, 0.4) is 0 Å². The number of nitriles is 1. The second-order valence-corrected chi connectivity index (χ2v) is 3.62. The normalized spacial score (nSPS) is 25.9. The Morgan fingerprint density at radius 2 is 2.14 bits per heavy atom. The molecule has 0 radical (unpaired) electrons. The van der Waals surface area contributed by atoms with E-state index in [1.165, 1.54) is 5.56 Å². The number of ether oxygens (including phenoxy) is 1. The first-order chi connectivity index (χ1) is 6.90. The SMILES string of the molecule is N#CC1CCOC1Cc1ccccc1. The number of hydrogen-bond acceptors (Lipinski definition) is 2. The molecule has 0 amide bonds. The van der Waals surface area contributed by atoms with Crippen LogP contribution in [0.4, 0.5) is 0 Å². The maximum Gasteiger partial charge on any atom is 0.0774 e. The second kappa shape index (κ2) is 4.26. The highest BCUT2D eigenvalue weighted by molar-refractivity contribution is 5.16. The average molecular weight is 187 g/mol. The van der Waals surface area contributed by atoms with Crippen molar-refractivity contribution in [3.05, 3.63) is 35.9 Å². The van der Waals surface area contributed by atoms with Crippen LogP contribution in [-0.2, 0) is 11.2 Å². The van der Waals surface area contributed by atoms with Crippen molar-refractivity contribution in [3.63, 3.8) is 0 Å². The zero-order valence-electron chi connectivity index (χ0n) is 8.02. The van der Waals surface area contributed by atoms with Crippen LogP contribution in [0.5, 0.6) is 0 Å². The minimum absolute atomic E-state index is 0.0789. The fraction of sp³-hybridized carbons (Fsp3) is 0.417. The van der Waals surface area contributed by atoms with Crippen molar-refractivity contribution in [2.75, 3.05) is 6.61 Å². The van der Waals surface area contributed by atoms with E-state index < -0.39 is 0 Å². The number of rotatable bonds is 2. The molecule has 14 heavy (non-hydrogen) atoms. The zero-order chi connectivity index (χ0) is 9.80. The van der Waals surface area contributed by atoms with E-state index >= 15 is 0 Å². The molecule has 72 valence electrons. The second-order valence-electron chi connectivity index (χ2n) is 3.62. The lowest BCUT2D eigenvalue weighted by Crippen LogP contribution is -2.17. The lowest BCUT2D eigenvalue weighted by atomic mass is 9.97. The molecule has 0 spiro atoms. The summed E-state index contributed by atoms with van der Waals surface area (Å²) in [4.78, 5) is 0. The predicted molar refractivity (Wildman–Crippen MR) is 53.6 cm³/mol. The molecular formula is C12H13NO. The average Bonchev–Trinajstić information content (AvgIpc) is 2.67. The molecule has 2 rings (SSSR count). The van der Waals surface area contributed by atoms with Gasteiger partial charge in [0, 0.05) is 6.61 Å². The van der Waals surface area contributed by atoms with Crippen molar-refractivity contribution in [1.29, 1.82) is 5.26 Å². The molecule has 1 fully saturated rings. The van der Waals surface area contributed by atoms with E-state index in [1.54, 1.807) is 0 Å². The molecule has 2 unspecified atom stereocenters. The number of benzene rings is 1. The van der Waals surface area contributed by atoms with E-state index in [0.29, 0.717) is 0 Å². The Kier molecular flexibility index (Phi) is 2.81. The highest BCUT2D eigenvalue weighted by atomic mass is 16.5. The van der Waals surface area contributed by atoms with Gasteiger partial charge in [-0.15, -0.1) is 0 Å².